The number of thiol groups is 1. The highest BCUT2D eigenvalue weighted by Crippen LogP contribution is 2.10. The van der Waals surface area contributed by atoms with Crippen LogP contribution in [0, 0.1) is 0 Å². The Morgan fingerprint density at radius 3 is 2.14 bits per heavy atom. The average Bonchev–Trinajstić information content (AvgIpc) is 1.27. The summed E-state index contributed by atoms with van der Waals surface area (Å²) in [5, 5.41) is 8.10. The summed E-state index contributed by atoms with van der Waals surface area (Å²) in [7, 11) is -0.239. The van der Waals surface area contributed by atoms with Crippen LogP contribution in [0.3, 0.4) is 0 Å². The van der Waals surface area contributed by atoms with E-state index in [1.807, 2.05) is 12.5 Å². The third-order valence-electron chi connectivity index (χ3n) is 0.451. The standard InChI is InChI=1S/C4H10O2S/c1-7(2)3-4(5)6/h7H,3H2,1-2H3,(H,5,6). The summed E-state index contributed by atoms with van der Waals surface area (Å²) >= 11 is 0. The van der Waals surface area contributed by atoms with E-state index in [0.29, 0.717) is 5.75 Å². The van der Waals surface area contributed by atoms with Gasteiger partial charge in [-0.1, -0.05) is 0 Å². The fraction of sp³-hybridized carbons (Fsp3) is 0.750. The summed E-state index contributed by atoms with van der Waals surface area (Å²) in [6, 6.07) is 0. The van der Waals surface area contributed by atoms with Gasteiger partial charge in [0.05, 0.1) is 5.75 Å². The zero-order valence-electron chi connectivity index (χ0n) is 4.51. The third-order valence-corrected chi connectivity index (χ3v) is 1.35. The first-order valence-electron chi connectivity index (χ1n) is 1.99. The van der Waals surface area contributed by atoms with Crippen molar-refractivity contribution < 1.29 is 9.90 Å². The van der Waals surface area contributed by atoms with Crippen molar-refractivity contribution in [3.05, 3.63) is 0 Å². The van der Waals surface area contributed by atoms with Gasteiger partial charge < -0.3 is 5.11 Å². The van der Waals surface area contributed by atoms with E-state index in [0.717, 1.165) is 0 Å². The number of carbonyl (C=O) groups is 1. The van der Waals surface area contributed by atoms with Crippen molar-refractivity contribution in [3.8, 4) is 0 Å². The molecule has 0 unspecified atom stereocenters. The Labute approximate surface area is 45.9 Å². The highest BCUT2D eigenvalue weighted by Gasteiger charge is 1.94. The second-order valence-corrected chi connectivity index (χ2v) is 4.11. The van der Waals surface area contributed by atoms with Crippen LogP contribution in [-0.4, -0.2) is 29.3 Å². The Kier molecular flexibility index (Phi) is 2.83. The molecule has 0 heterocycles. The lowest BCUT2D eigenvalue weighted by Gasteiger charge is -2.00. The van der Waals surface area contributed by atoms with Gasteiger partial charge in [0.25, 0.3) is 0 Å². The van der Waals surface area contributed by atoms with Crippen LogP contribution in [0.4, 0.5) is 0 Å². The Hall–Kier alpha value is -0.180. The molecular formula is C4H10O2S. The molecular weight excluding hydrogens is 112 g/mol. The van der Waals surface area contributed by atoms with Crippen LogP contribution < -0.4 is 0 Å². The van der Waals surface area contributed by atoms with E-state index in [1.165, 1.54) is 0 Å². The molecule has 0 radical (unpaired) electrons. The van der Waals surface area contributed by atoms with Crippen molar-refractivity contribution in [1.82, 2.24) is 0 Å². The smallest absolute Gasteiger partial charge is 0.311 e. The van der Waals surface area contributed by atoms with Gasteiger partial charge in [0.1, 0.15) is 0 Å². The molecule has 7 heavy (non-hydrogen) atoms. The quantitative estimate of drug-likeness (QED) is 0.518. The normalized spacial score (nSPS) is 10.9. The van der Waals surface area contributed by atoms with Crippen molar-refractivity contribution in [3.63, 3.8) is 0 Å². The number of hydrogen-bond acceptors (Lipinski definition) is 1. The van der Waals surface area contributed by atoms with Gasteiger partial charge >= 0.3 is 5.97 Å². The fourth-order valence-electron chi connectivity index (χ4n) is 0.271. The molecule has 0 atom stereocenters. The molecule has 0 aromatic heterocycles. The molecule has 0 rings (SSSR count). The Morgan fingerprint density at radius 2 is 2.14 bits per heavy atom. The fourth-order valence-corrected chi connectivity index (χ4v) is 0.812. The van der Waals surface area contributed by atoms with E-state index < -0.39 is 5.97 Å². The van der Waals surface area contributed by atoms with Gasteiger partial charge in [-0.05, 0) is 12.5 Å². The molecule has 0 spiro atoms. The van der Waals surface area contributed by atoms with Gasteiger partial charge in [0.15, 0.2) is 0 Å². The minimum atomic E-state index is -0.684. The summed E-state index contributed by atoms with van der Waals surface area (Å²) in [5.41, 5.74) is 0. The van der Waals surface area contributed by atoms with Crippen LogP contribution in [0.25, 0.3) is 0 Å². The van der Waals surface area contributed by atoms with Crippen LogP contribution in [0.15, 0.2) is 0 Å². The first kappa shape index (κ1) is 6.82. The molecule has 0 amide bonds. The predicted octanol–water partition coefficient (Wildman–Crippen LogP) is 0.332. The molecule has 1 N–H and O–H groups in total. The topological polar surface area (TPSA) is 37.3 Å². The van der Waals surface area contributed by atoms with Gasteiger partial charge in [-0.25, -0.2) is 10.9 Å². The maximum atomic E-state index is 9.83. The first-order valence-corrected chi connectivity index (χ1v) is 4.41. The monoisotopic (exact) mass is 122 g/mol. The van der Waals surface area contributed by atoms with Crippen LogP contribution in [0.5, 0.6) is 0 Å². The Bertz CT molecular complexity index is 70.1. The molecule has 3 heteroatoms. The summed E-state index contributed by atoms with van der Waals surface area (Å²) in [6.07, 6.45) is 3.90. The third kappa shape index (κ3) is 5.82. The van der Waals surface area contributed by atoms with Crippen LogP contribution in [0.2, 0.25) is 0 Å². The van der Waals surface area contributed by atoms with Crippen molar-refractivity contribution in [2.45, 2.75) is 0 Å². The highest BCUT2D eigenvalue weighted by molar-refractivity contribution is 8.16. The van der Waals surface area contributed by atoms with E-state index in [1.54, 1.807) is 0 Å². The summed E-state index contributed by atoms with van der Waals surface area (Å²) in [4.78, 5) is 9.83. The molecule has 0 aliphatic heterocycles. The maximum absolute atomic E-state index is 9.83. The maximum Gasteiger partial charge on any atom is 0.311 e. The van der Waals surface area contributed by atoms with E-state index in [4.69, 9.17) is 5.11 Å². The largest absolute Gasteiger partial charge is 0.481 e. The minimum absolute atomic E-state index is 0.239. The zero-order valence-corrected chi connectivity index (χ0v) is 5.40. The van der Waals surface area contributed by atoms with E-state index in [9.17, 15) is 4.79 Å². The first-order chi connectivity index (χ1) is 3.13. The summed E-state index contributed by atoms with van der Waals surface area (Å²) < 4.78 is 0. The van der Waals surface area contributed by atoms with Crippen LogP contribution >= 0.6 is 10.9 Å². The van der Waals surface area contributed by atoms with Crippen LogP contribution in [0.1, 0.15) is 0 Å². The number of aliphatic carboxylic acids is 1. The van der Waals surface area contributed by atoms with E-state index >= 15 is 0 Å². The van der Waals surface area contributed by atoms with Crippen molar-refractivity contribution in [1.29, 1.82) is 0 Å². The number of hydrogen-bond donors (Lipinski definition) is 2. The van der Waals surface area contributed by atoms with E-state index in [-0.39, 0.29) is 10.9 Å². The highest BCUT2D eigenvalue weighted by atomic mass is 32.2. The van der Waals surface area contributed by atoms with Gasteiger partial charge in [-0.3, -0.25) is 4.79 Å². The van der Waals surface area contributed by atoms with Crippen LogP contribution in [-0.2, 0) is 4.79 Å². The summed E-state index contributed by atoms with van der Waals surface area (Å²) in [6.45, 7) is 0. The number of carboxylic acids is 1. The van der Waals surface area contributed by atoms with Gasteiger partial charge in [-0.15, -0.1) is 0 Å². The minimum Gasteiger partial charge on any atom is -0.481 e. The zero-order chi connectivity index (χ0) is 5.86. The van der Waals surface area contributed by atoms with Crippen molar-refractivity contribution in [2.75, 3.05) is 18.3 Å². The molecule has 0 aliphatic carbocycles. The average molecular weight is 122 g/mol. The molecule has 0 aliphatic rings. The lowest BCUT2D eigenvalue weighted by atomic mass is 10.8. The lowest BCUT2D eigenvalue weighted by molar-refractivity contribution is -0.133. The van der Waals surface area contributed by atoms with Crippen molar-refractivity contribution >= 4 is 16.9 Å². The predicted molar refractivity (Wildman–Crippen MR) is 33.3 cm³/mol. The van der Waals surface area contributed by atoms with E-state index in [2.05, 4.69) is 0 Å². The van der Waals surface area contributed by atoms with Gasteiger partial charge in [0.2, 0.25) is 0 Å². The lowest BCUT2D eigenvalue weighted by Crippen LogP contribution is -2.00. The second kappa shape index (κ2) is 2.91. The molecule has 0 saturated carbocycles. The number of carboxylic acid groups (broad SMARTS) is 1. The van der Waals surface area contributed by atoms with Gasteiger partial charge in [0, 0.05) is 0 Å². The molecule has 0 aromatic carbocycles. The molecule has 0 saturated heterocycles. The number of rotatable bonds is 2. The molecule has 0 bridgehead atoms. The Morgan fingerprint density at radius 1 is 1.71 bits per heavy atom. The second-order valence-electron chi connectivity index (χ2n) is 1.63. The Balaban J connectivity index is 3.13. The molecule has 0 aromatic rings. The van der Waals surface area contributed by atoms with Crippen molar-refractivity contribution in [2.24, 2.45) is 0 Å². The summed E-state index contributed by atoms with van der Waals surface area (Å²) in [5.74, 6) is -0.342. The van der Waals surface area contributed by atoms with Gasteiger partial charge in [-0.2, -0.15) is 0 Å². The molecule has 44 valence electrons. The molecule has 0 fully saturated rings. The molecule has 2 nitrogen and oxygen atoms in total. The SMILES string of the molecule is C[SH](C)CC(=O)O.